The average molecular weight is 383 g/mol. The van der Waals surface area contributed by atoms with Crippen LogP contribution < -0.4 is 5.73 Å². The van der Waals surface area contributed by atoms with Crippen LogP contribution in [-0.4, -0.2) is 47.4 Å². The molecule has 1 aromatic carbocycles. The first kappa shape index (κ1) is 20.1. The third-order valence-corrected chi connectivity index (χ3v) is 5.69. The van der Waals surface area contributed by atoms with E-state index in [4.69, 9.17) is 5.73 Å². The number of hydrogen-bond acceptors (Lipinski definition) is 3. The third kappa shape index (κ3) is 5.02. The molecule has 1 aromatic rings. The average Bonchev–Trinajstić information content (AvgIpc) is 3.40. The van der Waals surface area contributed by atoms with Gasteiger partial charge in [0.05, 0.1) is 12.1 Å². The highest BCUT2D eigenvalue weighted by Crippen LogP contribution is 2.32. The number of rotatable bonds is 5. The summed E-state index contributed by atoms with van der Waals surface area (Å²) < 4.78 is 38.2. The number of amides is 1. The van der Waals surface area contributed by atoms with Crippen molar-refractivity contribution in [1.82, 2.24) is 9.80 Å². The maximum absolute atomic E-state index is 12.9. The molecule has 1 amide bonds. The van der Waals surface area contributed by atoms with Crippen LogP contribution in [0.5, 0.6) is 0 Å². The number of carbonyl (C=O) groups is 1. The summed E-state index contributed by atoms with van der Waals surface area (Å²) in [7, 11) is 0. The molecular formula is C20H28F3N3O. The normalized spacial score (nSPS) is 23.3. The van der Waals surface area contributed by atoms with Gasteiger partial charge in [0.1, 0.15) is 0 Å². The van der Waals surface area contributed by atoms with E-state index in [2.05, 4.69) is 18.7 Å². The van der Waals surface area contributed by atoms with Gasteiger partial charge in [-0.25, -0.2) is 0 Å². The van der Waals surface area contributed by atoms with Crippen LogP contribution in [0, 0.1) is 5.41 Å². The van der Waals surface area contributed by atoms with Gasteiger partial charge in [-0.1, -0.05) is 26.0 Å². The Kier molecular flexibility index (Phi) is 5.54. The molecule has 1 aliphatic carbocycles. The number of hydrogen-bond donors (Lipinski definition) is 1. The molecule has 0 radical (unpaired) electrons. The molecule has 2 aliphatic rings. The minimum Gasteiger partial charge on any atom is -0.334 e. The van der Waals surface area contributed by atoms with Crippen molar-refractivity contribution in [3.05, 3.63) is 35.4 Å². The molecule has 2 N–H and O–H groups in total. The molecule has 27 heavy (non-hydrogen) atoms. The van der Waals surface area contributed by atoms with Gasteiger partial charge in [0.25, 0.3) is 0 Å². The lowest BCUT2D eigenvalue weighted by Gasteiger charge is -2.42. The Labute approximate surface area is 158 Å². The van der Waals surface area contributed by atoms with E-state index in [9.17, 15) is 18.0 Å². The summed E-state index contributed by atoms with van der Waals surface area (Å²) in [5, 5.41) is 0. The molecule has 3 rings (SSSR count). The Hall–Kier alpha value is -1.60. The molecule has 0 aromatic heterocycles. The Balaban J connectivity index is 1.63. The molecule has 7 heteroatoms. The van der Waals surface area contributed by atoms with Crippen molar-refractivity contribution < 1.29 is 18.0 Å². The van der Waals surface area contributed by atoms with Gasteiger partial charge in [-0.05, 0) is 42.4 Å². The lowest BCUT2D eigenvalue weighted by molar-refractivity contribution is -0.138. The van der Waals surface area contributed by atoms with Gasteiger partial charge in [-0.15, -0.1) is 0 Å². The van der Waals surface area contributed by atoms with Crippen LogP contribution in [-0.2, 0) is 17.5 Å². The summed E-state index contributed by atoms with van der Waals surface area (Å²) in [6.07, 6.45) is -1.56. The van der Waals surface area contributed by atoms with Gasteiger partial charge >= 0.3 is 6.18 Å². The van der Waals surface area contributed by atoms with Crippen molar-refractivity contribution in [2.45, 2.75) is 57.9 Å². The van der Waals surface area contributed by atoms with Crippen LogP contribution in [0.25, 0.3) is 0 Å². The van der Waals surface area contributed by atoms with Gasteiger partial charge in [0, 0.05) is 31.7 Å². The van der Waals surface area contributed by atoms with Crippen molar-refractivity contribution >= 4 is 5.91 Å². The largest absolute Gasteiger partial charge is 0.416 e. The highest BCUT2D eigenvalue weighted by atomic mass is 19.4. The lowest BCUT2D eigenvalue weighted by Crippen LogP contribution is -2.54. The molecule has 2 fully saturated rings. The van der Waals surface area contributed by atoms with Crippen LogP contribution >= 0.6 is 0 Å². The van der Waals surface area contributed by atoms with Gasteiger partial charge in [0.15, 0.2) is 0 Å². The topological polar surface area (TPSA) is 49.6 Å². The molecule has 1 aliphatic heterocycles. The number of likely N-dealkylation sites (tertiary alicyclic amines) is 1. The highest BCUT2D eigenvalue weighted by molar-refractivity contribution is 5.79. The van der Waals surface area contributed by atoms with E-state index in [1.807, 2.05) is 4.90 Å². The first-order valence-corrected chi connectivity index (χ1v) is 9.50. The lowest BCUT2D eigenvalue weighted by atomic mass is 9.80. The van der Waals surface area contributed by atoms with E-state index < -0.39 is 11.7 Å². The summed E-state index contributed by atoms with van der Waals surface area (Å²) in [5.74, 6) is 0.0451. The molecule has 1 unspecified atom stereocenters. The van der Waals surface area contributed by atoms with Crippen molar-refractivity contribution in [2.75, 3.05) is 19.6 Å². The summed E-state index contributed by atoms with van der Waals surface area (Å²) in [4.78, 5) is 16.9. The quantitative estimate of drug-likeness (QED) is 0.849. The van der Waals surface area contributed by atoms with Crippen LogP contribution in [0.4, 0.5) is 13.2 Å². The van der Waals surface area contributed by atoms with E-state index in [0.29, 0.717) is 13.1 Å². The third-order valence-electron chi connectivity index (χ3n) is 5.69. The predicted octanol–water partition coefficient (Wildman–Crippen LogP) is 3.26. The van der Waals surface area contributed by atoms with Gasteiger partial charge in [-0.3, -0.25) is 9.69 Å². The molecule has 4 nitrogen and oxygen atoms in total. The van der Waals surface area contributed by atoms with Gasteiger partial charge in [-0.2, -0.15) is 13.2 Å². The van der Waals surface area contributed by atoms with Crippen molar-refractivity contribution in [3.8, 4) is 0 Å². The van der Waals surface area contributed by atoms with Crippen molar-refractivity contribution in [3.63, 3.8) is 0 Å². The van der Waals surface area contributed by atoms with Gasteiger partial charge < -0.3 is 10.6 Å². The number of piperidine rings is 1. The van der Waals surface area contributed by atoms with E-state index in [-0.39, 0.29) is 23.4 Å². The minimum absolute atomic E-state index is 0.0314. The van der Waals surface area contributed by atoms with Crippen LogP contribution in [0.2, 0.25) is 0 Å². The van der Waals surface area contributed by atoms with Crippen LogP contribution in [0.1, 0.15) is 44.2 Å². The number of alkyl halides is 3. The zero-order chi connectivity index (χ0) is 19.8. The second kappa shape index (κ2) is 7.43. The SMILES string of the molecule is CC1(C)CN(CC(=O)N(Cc2ccc(C(F)(F)F)cc2)C2CC2)CCC1N. The number of carbonyl (C=O) groups excluding carboxylic acids is 1. The van der Waals surface area contributed by atoms with Crippen molar-refractivity contribution in [1.29, 1.82) is 0 Å². The zero-order valence-corrected chi connectivity index (χ0v) is 15.9. The second-order valence-electron chi connectivity index (χ2n) is 8.54. The van der Waals surface area contributed by atoms with Crippen molar-refractivity contribution in [2.24, 2.45) is 11.1 Å². The Morgan fingerprint density at radius 2 is 1.85 bits per heavy atom. The molecule has 1 saturated heterocycles. The van der Waals surface area contributed by atoms with E-state index in [1.54, 1.807) is 0 Å². The zero-order valence-electron chi connectivity index (χ0n) is 15.9. The van der Waals surface area contributed by atoms with Crippen LogP contribution in [0.3, 0.4) is 0 Å². The minimum atomic E-state index is -4.34. The fraction of sp³-hybridized carbons (Fsp3) is 0.650. The summed E-state index contributed by atoms with van der Waals surface area (Å²) in [6, 6.07) is 5.44. The molecule has 1 saturated carbocycles. The number of nitrogens with two attached hydrogens (primary N) is 1. The summed E-state index contributed by atoms with van der Waals surface area (Å²) in [6.45, 7) is 6.52. The molecule has 0 bridgehead atoms. The smallest absolute Gasteiger partial charge is 0.334 e. The van der Waals surface area contributed by atoms with E-state index in [0.717, 1.165) is 50.0 Å². The van der Waals surface area contributed by atoms with E-state index >= 15 is 0 Å². The Bertz CT molecular complexity index is 668. The maximum Gasteiger partial charge on any atom is 0.416 e. The Morgan fingerprint density at radius 3 is 2.37 bits per heavy atom. The molecule has 1 atom stereocenters. The van der Waals surface area contributed by atoms with Gasteiger partial charge in [0.2, 0.25) is 5.91 Å². The fourth-order valence-electron chi connectivity index (χ4n) is 3.71. The molecule has 150 valence electrons. The number of benzene rings is 1. The van der Waals surface area contributed by atoms with E-state index in [1.165, 1.54) is 12.1 Å². The first-order chi connectivity index (χ1) is 12.6. The standard InChI is InChI=1S/C20H28F3N3O/c1-19(2)13-25(10-9-17(19)24)12-18(27)26(16-7-8-16)11-14-3-5-15(6-4-14)20(21,22)23/h3-6,16-17H,7-13,24H2,1-2H3. The Morgan fingerprint density at radius 1 is 1.22 bits per heavy atom. The summed E-state index contributed by atoms with van der Waals surface area (Å²) >= 11 is 0. The number of halogens is 3. The summed E-state index contributed by atoms with van der Waals surface area (Å²) in [5.41, 5.74) is 6.20. The molecular weight excluding hydrogens is 355 g/mol. The number of nitrogens with zero attached hydrogens (tertiary/aromatic N) is 2. The highest BCUT2D eigenvalue weighted by Gasteiger charge is 2.37. The first-order valence-electron chi connectivity index (χ1n) is 9.50. The monoisotopic (exact) mass is 383 g/mol. The predicted molar refractivity (Wildman–Crippen MR) is 97.8 cm³/mol. The molecule has 1 heterocycles. The fourth-order valence-corrected chi connectivity index (χ4v) is 3.71. The molecule has 0 spiro atoms. The van der Waals surface area contributed by atoms with Crippen LogP contribution in [0.15, 0.2) is 24.3 Å². The second-order valence-corrected chi connectivity index (χ2v) is 8.54. The maximum atomic E-state index is 12.9.